The van der Waals surface area contributed by atoms with Gasteiger partial charge in [-0.25, -0.2) is 14.2 Å². The van der Waals surface area contributed by atoms with Crippen LogP contribution in [0.25, 0.3) is 0 Å². The van der Waals surface area contributed by atoms with Gasteiger partial charge in [0.15, 0.2) is 0 Å². The second-order valence-corrected chi connectivity index (χ2v) is 9.77. The van der Waals surface area contributed by atoms with Crippen molar-refractivity contribution in [3.8, 4) is 11.5 Å². The van der Waals surface area contributed by atoms with Crippen LogP contribution in [0.1, 0.15) is 57.0 Å². The number of nitrogens with one attached hydrogen (secondary N) is 1. The molecular formula is C29H36FN5O5. The van der Waals surface area contributed by atoms with Crippen LogP contribution in [0.3, 0.4) is 0 Å². The Morgan fingerprint density at radius 2 is 1.80 bits per heavy atom. The maximum absolute atomic E-state index is 13.7. The van der Waals surface area contributed by atoms with E-state index in [0.29, 0.717) is 30.9 Å². The molecule has 1 fully saturated rings. The number of anilines is 3. The van der Waals surface area contributed by atoms with Crippen LogP contribution in [-0.2, 0) is 4.74 Å². The number of methoxy groups -OCH3 is 1. The Bertz CT molecular complexity index is 1330. The molecule has 0 aliphatic carbocycles. The zero-order chi connectivity index (χ0) is 29.4. The number of ether oxygens (including phenoxy) is 3. The van der Waals surface area contributed by atoms with E-state index in [1.165, 1.54) is 25.4 Å². The number of ketones is 1. The third kappa shape index (κ3) is 7.81. The maximum atomic E-state index is 13.7. The number of hydrogen-bond acceptors (Lipinski definition) is 9. The normalized spacial score (nSPS) is 14.6. The third-order valence-electron chi connectivity index (χ3n) is 5.68. The number of nitrogens with two attached hydrogens (primary N) is 1. The molecule has 1 amide bonds. The van der Waals surface area contributed by atoms with E-state index in [1.54, 1.807) is 29.2 Å². The second-order valence-electron chi connectivity index (χ2n) is 9.77. The third-order valence-corrected chi connectivity index (χ3v) is 5.68. The van der Waals surface area contributed by atoms with Gasteiger partial charge >= 0.3 is 6.09 Å². The molecule has 1 aromatic heterocycles. The van der Waals surface area contributed by atoms with Gasteiger partial charge in [0.2, 0.25) is 11.7 Å². The highest BCUT2D eigenvalue weighted by atomic mass is 19.1. The van der Waals surface area contributed by atoms with Crippen LogP contribution < -0.4 is 20.5 Å². The van der Waals surface area contributed by atoms with Crippen LogP contribution in [0.15, 0.2) is 48.7 Å². The van der Waals surface area contributed by atoms with Crippen molar-refractivity contribution in [3.05, 3.63) is 65.6 Å². The smallest absolute Gasteiger partial charge is 0.410 e. The summed E-state index contributed by atoms with van der Waals surface area (Å²) in [5, 5.41) is 3.02. The SMILES string of the molecule is CC.COc1ccc(F)cc1C(=O)c1cnc(Nc2ccc(OC3CCN(C(=O)OC(C)(C)C)C3)cc2)nc1N. The fraction of sp³-hybridized carbons (Fsp3) is 0.379. The summed E-state index contributed by atoms with van der Waals surface area (Å²) in [7, 11) is 1.39. The Labute approximate surface area is 233 Å². The highest BCUT2D eigenvalue weighted by Crippen LogP contribution is 2.26. The number of benzene rings is 2. The minimum absolute atomic E-state index is 0.0237. The predicted molar refractivity (Wildman–Crippen MR) is 151 cm³/mol. The van der Waals surface area contributed by atoms with Crippen molar-refractivity contribution in [1.29, 1.82) is 0 Å². The molecule has 3 aromatic rings. The molecule has 10 nitrogen and oxygen atoms in total. The summed E-state index contributed by atoms with van der Waals surface area (Å²) in [5.74, 6) is -0.138. The molecule has 214 valence electrons. The largest absolute Gasteiger partial charge is 0.496 e. The monoisotopic (exact) mass is 553 g/mol. The molecule has 0 bridgehead atoms. The van der Waals surface area contributed by atoms with Crippen LogP contribution in [0.2, 0.25) is 0 Å². The van der Waals surface area contributed by atoms with Gasteiger partial charge in [-0.3, -0.25) is 4.79 Å². The van der Waals surface area contributed by atoms with E-state index in [4.69, 9.17) is 19.9 Å². The van der Waals surface area contributed by atoms with Gasteiger partial charge in [0.1, 0.15) is 34.8 Å². The summed E-state index contributed by atoms with van der Waals surface area (Å²) >= 11 is 0. The number of aromatic nitrogens is 2. The first-order chi connectivity index (χ1) is 19.0. The summed E-state index contributed by atoms with van der Waals surface area (Å²) in [6.07, 6.45) is 1.51. The van der Waals surface area contributed by atoms with E-state index in [9.17, 15) is 14.0 Å². The summed E-state index contributed by atoms with van der Waals surface area (Å²) in [4.78, 5) is 35.1. The molecule has 2 aromatic carbocycles. The quantitative estimate of drug-likeness (QED) is 0.359. The Morgan fingerprint density at radius 3 is 2.42 bits per heavy atom. The first-order valence-electron chi connectivity index (χ1n) is 13.0. The molecule has 40 heavy (non-hydrogen) atoms. The van der Waals surface area contributed by atoms with Crippen LogP contribution in [0.4, 0.5) is 26.6 Å². The number of nitrogens with zero attached hydrogens (tertiary/aromatic N) is 3. The van der Waals surface area contributed by atoms with Crippen molar-refractivity contribution < 1.29 is 28.2 Å². The minimum atomic E-state index is -0.576. The first kappa shape index (κ1) is 30.1. The van der Waals surface area contributed by atoms with E-state index < -0.39 is 17.2 Å². The molecule has 1 unspecified atom stereocenters. The zero-order valence-corrected chi connectivity index (χ0v) is 23.7. The van der Waals surface area contributed by atoms with E-state index in [1.807, 2.05) is 34.6 Å². The number of nitrogen functional groups attached to an aromatic ring is 1. The van der Waals surface area contributed by atoms with E-state index in [2.05, 4.69) is 15.3 Å². The fourth-order valence-corrected chi connectivity index (χ4v) is 3.89. The molecule has 1 aliphatic heterocycles. The highest BCUT2D eigenvalue weighted by molar-refractivity contribution is 6.13. The lowest BCUT2D eigenvalue weighted by Crippen LogP contribution is -2.36. The van der Waals surface area contributed by atoms with Crippen LogP contribution in [-0.4, -0.2) is 58.6 Å². The lowest BCUT2D eigenvalue weighted by atomic mass is 10.0. The zero-order valence-electron chi connectivity index (χ0n) is 23.7. The van der Waals surface area contributed by atoms with E-state index in [0.717, 1.165) is 6.07 Å². The van der Waals surface area contributed by atoms with Crippen molar-refractivity contribution in [2.75, 3.05) is 31.2 Å². The lowest BCUT2D eigenvalue weighted by molar-refractivity contribution is 0.0275. The maximum Gasteiger partial charge on any atom is 0.410 e. The average Bonchev–Trinajstić information content (AvgIpc) is 3.38. The molecule has 1 atom stereocenters. The Balaban J connectivity index is 0.00000216. The summed E-state index contributed by atoms with van der Waals surface area (Å²) in [6, 6.07) is 10.8. The molecule has 0 radical (unpaired) electrons. The second kappa shape index (κ2) is 13.1. The van der Waals surface area contributed by atoms with Gasteiger partial charge in [-0.05, 0) is 63.2 Å². The van der Waals surface area contributed by atoms with Gasteiger partial charge in [-0.1, -0.05) is 13.8 Å². The average molecular weight is 554 g/mol. The van der Waals surface area contributed by atoms with Gasteiger partial charge in [0.25, 0.3) is 0 Å². The summed E-state index contributed by atoms with van der Waals surface area (Å²) < 4.78 is 30.3. The number of rotatable bonds is 7. The number of halogens is 1. The molecule has 0 saturated carbocycles. The number of carbonyl (C=O) groups excluding carboxylic acids is 2. The first-order valence-corrected chi connectivity index (χ1v) is 13.0. The minimum Gasteiger partial charge on any atom is -0.496 e. The molecule has 4 rings (SSSR count). The van der Waals surface area contributed by atoms with Crippen LogP contribution in [0.5, 0.6) is 11.5 Å². The Kier molecular flexibility index (Phi) is 9.87. The molecule has 3 N–H and O–H groups in total. The topological polar surface area (TPSA) is 129 Å². The van der Waals surface area contributed by atoms with Crippen molar-refractivity contribution in [1.82, 2.24) is 14.9 Å². The number of likely N-dealkylation sites (tertiary alicyclic amines) is 1. The number of hydrogen-bond donors (Lipinski definition) is 2. The highest BCUT2D eigenvalue weighted by Gasteiger charge is 2.31. The van der Waals surface area contributed by atoms with Crippen molar-refractivity contribution in [2.24, 2.45) is 0 Å². The predicted octanol–water partition coefficient (Wildman–Crippen LogP) is 5.60. The van der Waals surface area contributed by atoms with Gasteiger partial charge in [0, 0.05) is 24.8 Å². The van der Waals surface area contributed by atoms with Crippen molar-refractivity contribution >= 4 is 29.3 Å². The number of amides is 1. The molecule has 11 heteroatoms. The molecular weight excluding hydrogens is 517 g/mol. The molecule has 1 saturated heterocycles. The van der Waals surface area contributed by atoms with Crippen molar-refractivity contribution in [2.45, 2.75) is 52.7 Å². The number of carbonyl (C=O) groups is 2. The molecule has 2 heterocycles. The van der Waals surface area contributed by atoms with Crippen LogP contribution >= 0.6 is 0 Å². The Hall–Kier alpha value is -4.41. The molecule has 1 aliphatic rings. The Morgan fingerprint density at radius 1 is 1.10 bits per heavy atom. The fourth-order valence-electron chi connectivity index (χ4n) is 3.89. The standard InChI is InChI=1S/C27H30FN5O5.C2H6/c1-27(2,3)38-26(35)33-12-11-19(15-33)37-18-8-6-17(7-9-18)31-25-30-14-21(24(29)32-25)23(34)20-13-16(28)5-10-22(20)36-4;1-2/h5-10,13-14,19H,11-12,15H2,1-4H3,(H3,29,30,31,32);1-2H3. The van der Waals surface area contributed by atoms with Crippen LogP contribution in [0, 0.1) is 5.82 Å². The van der Waals surface area contributed by atoms with E-state index >= 15 is 0 Å². The van der Waals surface area contributed by atoms with Gasteiger partial charge in [-0.2, -0.15) is 4.98 Å². The molecule has 0 spiro atoms. The summed E-state index contributed by atoms with van der Waals surface area (Å²) in [5.41, 5.74) is 6.20. The van der Waals surface area contributed by atoms with Gasteiger partial charge in [-0.15, -0.1) is 0 Å². The summed E-state index contributed by atoms with van der Waals surface area (Å²) in [6.45, 7) is 10.5. The van der Waals surface area contributed by atoms with Gasteiger partial charge < -0.3 is 30.2 Å². The van der Waals surface area contributed by atoms with E-state index in [-0.39, 0.29) is 40.8 Å². The van der Waals surface area contributed by atoms with Gasteiger partial charge in [0.05, 0.1) is 24.8 Å². The lowest BCUT2D eigenvalue weighted by Gasteiger charge is -2.24. The van der Waals surface area contributed by atoms with Crippen molar-refractivity contribution in [3.63, 3.8) is 0 Å².